The summed E-state index contributed by atoms with van der Waals surface area (Å²) in [6.45, 7) is 2.58. The molecule has 0 aliphatic carbocycles. The van der Waals surface area contributed by atoms with E-state index in [4.69, 9.17) is 5.73 Å². The Morgan fingerprint density at radius 3 is 2.52 bits per heavy atom. The van der Waals surface area contributed by atoms with Crippen LogP contribution in [0.2, 0.25) is 0 Å². The number of likely N-dealkylation sites (tertiary alicyclic amines) is 1. The second-order valence-electron chi connectivity index (χ2n) is 5.94. The van der Waals surface area contributed by atoms with E-state index in [0.717, 1.165) is 25.9 Å². The lowest BCUT2D eigenvalue weighted by atomic mass is 9.83. The zero-order valence-corrected chi connectivity index (χ0v) is 12.1. The summed E-state index contributed by atoms with van der Waals surface area (Å²) in [4.78, 5) is 2.32. The van der Waals surface area contributed by atoms with Gasteiger partial charge in [-0.2, -0.15) is 0 Å². The van der Waals surface area contributed by atoms with Crippen molar-refractivity contribution in [1.29, 1.82) is 0 Å². The largest absolute Gasteiger partial charge is 0.320 e. The van der Waals surface area contributed by atoms with Crippen LogP contribution in [0.25, 0.3) is 0 Å². The average molecular weight is 284 g/mol. The van der Waals surface area contributed by atoms with Crippen molar-refractivity contribution in [2.75, 3.05) is 13.1 Å². The van der Waals surface area contributed by atoms with Gasteiger partial charge in [0.05, 0.1) is 5.54 Å². The highest BCUT2D eigenvalue weighted by molar-refractivity contribution is 5.27. The summed E-state index contributed by atoms with van der Waals surface area (Å²) in [7, 11) is 0. The van der Waals surface area contributed by atoms with Gasteiger partial charge in [0.15, 0.2) is 0 Å². The Morgan fingerprint density at radius 2 is 1.76 bits per heavy atom. The van der Waals surface area contributed by atoms with Gasteiger partial charge in [0.25, 0.3) is 0 Å². The van der Waals surface area contributed by atoms with Crippen LogP contribution in [0.3, 0.4) is 0 Å². The Bertz CT molecular complexity index is 599. The highest BCUT2D eigenvalue weighted by Crippen LogP contribution is 2.31. The molecule has 0 aromatic heterocycles. The monoisotopic (exact) mass is 284 g/mol. The molecule has 1 fully saturated rings. The molecule has 2 aromatic rings. The maximum atomic E-state index is 14.1. The second-order valence-corrected chi connectivity index (χ2v) is 5.94. The van der Waals surface area contributed by atoms with Crippen LogP contribution in [0.4, 0.5) is 4.39 Å². The normalized spacial score (nSPS) is 23.1. The summed E-state index contributed by atoms with van der Waals surface area (Å²) in [6.07, 6.45) is 1.83. The molecule has 2 nitrogen and oxygen atoms in total. The van der Waals surface area contributed by atoms with Gasteiger partial charge in [0.1, 0.15) is 5.82 Å². The third-order valence-corrected chi connectivity index (χ3v) is 4.26. The van der Waals surface area contributed by atoms with Crippen molar-refractivity contribution in [3.63, 3.8) is 0 Å². The lowest BCUT2D eigenvalue weighted by Gasteiger charge is -2.40. The summed E-state index contributed by atoms with van der Waals surface area (Å²) in [5.74, 6) is -0.193. The zero-order chi connectivity index (χ0) is 14.7. The third kappa shape index (κ3) is 3.14. The number of nitrogens with zero attached hydrogens (tertiary/aromatic N) is 1. The van der Waals surface area contributed by atoms with E-state index >= 15 is 0 Å². The van der Waals surface area contributed by atoms with Crippen molar-refractivity contribution in [2.24, 2.45) is 5.73 Å². The molecule has 1 aliphatic heterocycles. The fraction of sp³-hybridized carbons (Fsp3) is 0.333. The van der Waals surface area contributed by atoms with E-state index in [1.54, 1.807) is 6.07 Å². The summed E-state index contributed by atoms with van der Waals surface area (Å²) in [6, 6.07) is 17.3. The van der Waals surface area contributed by atoms with Gasteiger partial charge in [-0.15, -0.1) is 0 Å². The highest BCUT2D eigenvalue weighted by Gasteiger charge is 2.35. The van der Waals surface area contributed by atoms with E-state index in [0.29, 0.717) is 12.1 Å². The number of rotatable bonds is 3. The fourth-order valence-corrected chi connectivity index (χ4v) is 3.24. The number of piperidine rings is 1. The van der Waals surface area contributed by atoms with Crippen molar-refractivity contribution < 1.29 is 4.39 Å². The Hall–Kier alpha value is -1.71. The first kappa shape index (κ1) is 14.2. The molecule has 0 radical (unpaired) electrons. The number of hydrogen-bond donors (Lipinski definition) is 1. The summed E-state index contributed by atoms with van der Waals surface area (Å²) >= 11 is 0. The van der Waals surface area contributed by atoms with Crippen molar-refractivity contribution in [3.8, 4) is 0 Å². The molecule has 2 aromatic carbocycles. The molecule has 3 heteroatoms. The van der Waals surface area contributed by atoms with E-state index in [2.05, 4.69) is 17.0 Å². The molecule has 2 N–H and O–H groups in total. The number of hydrogen-bond acceptors (Lipinski definition) is 2. The van der Waals surface area contributed by atoms with Crippen molar-refractivity contribution in [1.82, 2.24) is 4.90 Å². The second kappa shape index (κ2) is 5.96. The number of halogens is 1. The summed E-state index contributed by atoms with van der Waals surface area (Å²) in [5.41, 5.74) is 7.87. The minimum absolute atomic E-state index is 0.193. The first-order valence-electron chi connectivity index (χ1n) is 7.48. The Morgan fingerprint density at radius 1 is 1.05 bits per heavy atom. The first-order chi connectivity index (χ1) is 10.2. The van der Waals surface area contributed by atoms with Crippen LogP contribution in [-0.2, 0) is 12.1 Å². The van der Waals surface area contributed by atoms with E-state index in [9.17, 15) is 4.39 Å². The van der Waals surface area contributed by atoms with Crippen LogP contribution in [-0.4, -0.2) is 18.0 Å². The fourth-order valence-electron chi connectivity index (χ4n) is 3.24. The molecule has 1 saturated heterocycles. The highest BCUT2D eigenvalue weighted by atomic mass is 19.1. The molecule has 0 bridgehead atoms. The Balaban J connectivity index is 1.78. The lowest BCUT2D eigenvalue weighted by molar-refractivity contribution is 0.140. The van der Waals surface area contributed by atoms with Crippen LogP contribution in [0.5, 0.6) is 0 Å². The zero-order valence-electron chi connectivity index (χ0n) is 12.1. The standard InChI is InChI=1S/C18H21FN2/c19-17-10-5-4-9-16(17)18(20)11-6-12-21(14-18)13-15-7-2-1-3-8-15/h1-5,7-10H,6,11-14,20H2. The van der Waals surface area contributed by atoms with E-state index in [1.165, 1.54) is 11.6 Å². The smallest absolute Gasteiger partial charge is 0.128 e. The van der Waals surface area contributed by atoms with Crippen molar-refractivity contribution >= 4 is 0 Å². The third-order valence-electron chi connectivity index (χ3n) is 4.26. The van der Waals surface area contributed by atoms with E-state index in [1.807, 2.05) is 30.3 Å². The average Bonchev–Trinajstić information content (AvgIpc) is 2.49. The molecule has 1 aliphatic rings. The Kier molecular flexibility index (Phi) is 4.04. The molecule has 0 amide bonds. The molecule has 1 heterocycles. The maximum absolute atomic E-state index is 14.1. The van der Waals surface area contributed by atoms with Crippen LogP contribution < -0.4 is 5.73 Å². The van der Waals surface area contributed by atoms with Crippen LogP contribution in [0.15, 0.2) is 54.6 Å². The van der Waals surface area contributed by atoms with Gasteiger partial charge in [0.2, 0.25) is 0 Å². The van der Waals surface area contributed by atoms with Gasteiger partial charge in [-0.25, -0.2) is 4.39 Å². The van der Waals surface area contributed by atoms with Crippen LogP contribution in [0, 0.1) is 5.82 Å². The maximum Gasteiger partial charge on any atom is 0.128 e. The number of benzene rings is 2. The van der Waals surface area contributed by atoms with Crippen LogP contribution in [0.1, 0.15) is 24.0 Å². The molecular formula is C18H21FN2. The van der Waals surface area contributed by atoms with Gasteiger partial charge >= 0.3 is 0 Å². The van der Waals surface area contributed by atoms with Crippen molar-refractivity contribution in [2.45, 2.75) is 24.9 Å². The molecule has 0 spiro atoms. The molecule has 1 unspecified atom stereocenters. The van der Waals surface area contributed by atoms with Crippen molar-refractivity contribution in [3.05, 3.63) is 71.5 Å². The summed E-state index contributed by atoms with van der Waals surface area (Å²) < 4.78 is 14.1. The van der Waals surface area contributed by atoms with Gasteiger partial charge in [-0.05, 0) is 31.0 Å². The molecule has 110 valence electrons. The predicted molar refractivity (Wildman–Crippen MR) is 83.2 cm³/mol. The molecule has 21 heavy (non-hydrogen) atoms. The summed E-state index contributed by atoms with van der Waals surface area (Å²) in [5, 5.41) is 0. The molecule has 0 saturated carbocycles. The minimum Gasteiger partial charge on any atom is -0.320 e. The van der Waals surface area contributed by atoms with Gasteiger partial charge in [0, 0.05) is 18.7 Å². The molecule has 1 atom stereocenters. The topological polar surface area (TPSA) is 29.3 Å². The molecule has 3 rings (SSSR count). The number of nitrogens with two attached hydrogens (primary N) is 1. The Labute approximate surface area is 125 Å². The van der Waals surface area contributed by atoms with Gasteiger partial charge < -0.3 is 5.73 Å². The van der Waals surface area contributed by atoms with E-state index in [-0.39, 0.29) is 5.82 Å². The van der Waals surface area contributed by atoms with Gasteiger partial charge in [-0.1, -0.05) is 48.5 Å². The SMILES string of the molecule is NC1(c2ccccc2F)CCCN(Cc2ccccc2)C1. The quantitative estimate of drug-likeness (QED) is 0.937. The predicted octanol–water partition coefficient (Wildman–Crippen LogP) is 3.28. The molecular weight excluding hydrogens is 263 g/mol. The van der Waals surface area contributed by atoms with Crippen LogP contribution >= 0.6 is 0 Å². The lowest BCUT2D eigenvalue weighted by Crippen LogP contribution is -2.51. The van der Waals surface area contributed by atoms with Gasteiger partial charge in [-0.3, -0.25) is 4.90 Å². The first-order valence-corrected chi connectivity index (χ1v) is 7.48. The minimum atomic E-state index is -0.585. The van der Waals surface area contributed by atoms with E-state index < -0.39 is 5.54 Å².